The van der Waals surface area contributed by atoms with Crippen LogP contribution in [0.25, 0.3) is 5.76 Å². The van der Waals surface area contributed by atoms with Gasteiger partial charge in [0.15, 0.2) is 11.5 Å². The molecule has 0 saturated carbocycles. The van der Waals surface area contributed by atoms with Crippen LogP contribution in [0.15, 0.2) is 48.0 Å². The van der Waals surface area contributed by atoms with E-state index in [9.17, 15) is 14.7 Å². The predicted octanol–water partition coefficient (Wildman–Crippen LogP) is 4.96. The Morgan fingerprint density at radius 2 is 1.71 bits per heavy atom. The number of unbranched alkanes of at least 4 members (excludes halogenated alkanes) is 1. The summed E-state index contributed by atoms with van der Waals surface area (Å²) < 4.78 is 16.5. The molecule has 1 aliphatic heterocycles. The molecule has 1 amide bonds. The van der Waals surface area contributed by atoms with Gasteiger partial charge in [0, 0.05) is 12.1 Å². The van der Waals surface area contributed by atoms with Gasteiger partial charge in [-0.1, -0.05) is 33.3 Å². The van der Waals surface area contributed by atoms with Crippen molar-refractivity contribution in [2.24, 2.45) is 5.92 Å². The third-order valence-electron chi connectivity index (χ3n) is 5.73. The van der Waals surface area contributed by atoms with Gasteiger partial charge in [0.1, 0.15) is 11.5 Å². The van der Waals surface area contributed by atoms with Crippen molar-refractivity contribution in [1.82, 2.24) is 4.90 Å². The van der Waals surface area contributed by atoms with Gasteiger partial charge in [-0.25, -0.2) is 0 Å². The zero-order valence-electron chi connectivity index (χ0n) is 20.5. The molecule has 2 aromatic carbocycles. The van der Waals surface area contributed by atoms with Crippen LogP contribution >= 0.6 is 0 Å². The highest BCUT2D eigenvalue weighted by molar-refractivity contribution is 6.46. The second-order valence-electron chi connectivity index (χ2n) is 8.69. The number of ether oxygens (including phenoxy) is 3. The van der Waals surface area contributed by atoms with Crippen LogP contribution in [0.2, 0.25) is 0 Å². The molecule has 0 radical (unpaired) electrons. The lowest BCUT2D eigenvalue weighted by Crippen LogP contribution is -2.30. The molecule has 7 heteroatoms. The molecule has 1 unspecified atom stereocenters. The van der Waals surface area contributed by atoms with Crippen molar-refractivity contribution in [2.45, 2.75) is 39.7 Å². The third kappa shape index (κ3) is 5.19. The molecule has 34 heavy (non-hydrogen) atoms. The smallest absolute Gasteiger partial charge is 0.295 e. The number of Topliss-reactive ketones (excluding diaryl/α,β-unsaturated/α-hetero) is 1. The van der Waals surface area contributed by atoms with Crippen LogP contribution in [0.5, 0.6) is 17.2 Å². The average Bonchev–Trinajstić information content (AvgIpc) is 3.10. The van der Waals surface area contributed by atoms with Gasteiger partial charge >= 0.3 is 0 Å². The van der Waals surface area contributed by atoms with Crippen LogP contribution in [0.1, 0.15) is 50.8 Å². The monoisotopic (exact) mass is 467 g/mol. The van der Waals surface area contributed by atoms with E-state index < -0.39 is 17.7 Å². The van der Waals surface area contributed by atoms with Crippen molar-refractivity contribution < 1.29 is 28.9 Å². The molecule has 1 N–H and O–H groups in total. The Labute approximate surface area is 200 Å². The maximum atomic E-state index is 13.1. The molecule has 0 aliphatic carbocycles. The number of hydrogen-bond acceptors (Lipinski definition) is 6. The fourth-order valence-corrected chi connectivity index (χ4v) is 3.94. The first-order valence-corrected chi connectivity index (χ1v) is 11.6. The first-order chi connectivity index (χ1) is 16.3. The highest BCUT2D eigenvalue weighted by Gasteiger charge is 2.46. The van der Waals surface area contributed by atoms with Gasteiger partial charge in [-0.2, -0.15) is 0 Å². The standard InChI is InChI=1S/C27H33NO6/c1-6-7-14-28-24(19-10-13-21(32-4)22(15-19)33-5)23(26(30)27(28)31)25(29)18-8-11-20(12-9-18)34-16-17(2)3/h8-13,15,17,24,29H,6-7,14,16H2,1-5H3/b25-23-. The zero-order chi connectivity index (χ0) is 24.8. The summed E-state index contributed by atoms with van der Waals surface area (Å²) in [4.78, 5) is 27.6. The molecule has 3 rings (SSSR count). The van der Waals surface area contributed by atoms with Crippen LogP contribution in [-0.2, 0) is 9.59 Å². The van der Waals surface area contributed by atoms with Gasteiger partial charge in [0.05, 0.1) is 32.4 Å². The number of carbonyl (C=O) groups is 2. The molecule has 1 fully saturated rings. The molecule has 7 nitrogen and oxygen atoms in total. The average molecular weight is 468 g/mol. The predicted molar refractivity (Wildman–Crippen MR) is 130 cm³/mol. The minimum atomic E-state index is -0.733. The van der Waals surface area contributed by atoms with E-state index >= 15 is 0 Å². The van der Waals surface area contributed by atoms with E-state index in [1.54, 1.807) is 49.6 Å². The molecule has 2 aromatic rings. The van der Waals surface area contributed by atoms with Crippen molar-refractivity contribution in [3.63, 3.8) is 0 Å². The largest absolute Gasteiger partial charge is 0.507 e. The molecule has 1 aliphatic rings. The number of ketones is 1. The fraction of sp³-hybridized carbons (Fsp3) is 0.407. The number of methoxy groups -OCH3 is 2. The highest BCUT2D eigenvalue weighted by atomic mass is 16.5. The minimum Gasteiger partial charge on any atom is -0.507 e. The summed E-state index contributed by atoms with van der Waals surface area (Å²) in [6.45, 7) is 7.12. The van der Waals surface area contributed by atoms with Crippen LogP contribution in [0.3, 0.4) is 0 Å². The van der Waals surface area contributed by atoms with Crippen molar-refractivity contribution in [3.05, 3.63) is 59.2 Å². The van der Waals surface area contributed by atoms with Gasteiger partial charge in [0.25, 0.3) is 11.7 Å². The maximum absolute atomic E-state index is 13.1. The van der Waals surface area contributed by atoms with Gasteiger partial charge in [0.2, 0.25) is 0 Å². The Balaban J connectivity index is 2.07. The Kier molecular flexibility index (Phi) is 8.21. The topological polar surface area (TPSA) is 85.3 Å². The van der Waals surface area contributed by atoms with Crippen LogP contribution < -0.4 is 14.2 Å². The lowest BCUT2D eigenvalue weighted by atomic mass is 9.95. The molecule has 1 heterocycles. The summed E-state index contributed by atoms with van der Waals surface area (Å²) in [6.07, 6.45) is 1.60. The summed E-state index contributed by atoms with van der Waals surface area (Å²) in [6, 6.07) is 11.4. The van der Waals surface area contributed by atoms with Crippen LogP contribution in [0.4, 0.5) is 0 Å². The molecular weight excluding hydrogens is 434 g/mol. The van der Waals surface area contributed by atoms with Crippen LogP contribution in [0, 0.1) is 5.92 Å². The van der Waals surface area contributed by atoms with Gasteiger partial charge in [-0.15, -0.1) is 0 Å². The second kappa shape index (κ2) is 11.1. The normalized spacial score (nSPS) is 17.4. The number of likely N-dealkylation sites (tertiary alicyclic amines) is 1. The molecular formula is C27H33NO6. The Morgan fingerprint density at radius 3 is 2.29 bits per heavy atom. The lowest BCUT2D eigenvalue weighted by molar-refractivity contribution is -0.139. The number of amides is 1. The molecule has 0 aromatic heterocycles. The summed E-state index contributed by atoms with van der Waals surface area (Å²) in [5.74, 6) is 0.535. The molecule has 1 saturated heterocycles. The van der Waals surface area contributed by atoms with E-state index in [0.29, 0.717) is 47.4 Å². The SMILES string of the molecule is CCCCN1C(=O)C(=O)/C(=C(\O)c2ccc(OCC(C)C)cc2)C1c1ccc(OC)c(OC)c1. The fourth-order valence-electron chi connectivity index (χ4n) is 3.94. The number of hydrogen-bond donors (Lipinski definition) is 1. The number of aliphatic hydroxyl groups is 1. The second-order valence-corrected chi connectivity index (χ2v) is 8.69. The number of rotatable bonds is 10. The lowest BCUT2D eigenvalue weighted by Gasteiger charge is -2.26. The van der Waals surface area contributed by atoms with E-state index in [2.05, 4.69) is 13.8 Å². The molecule has 0 spiro atoms. The quantitative estimate of drug-likeness (QED) is 0.302. The van der Waals surface area contributed by atoms with Gasteiger partial charge in [-0.05, 0) is 54.3 Å². The number of nitrogens with zero attached hydrogens (tertiary/aromatic N) is 1. The Morgan fingerprint density at radius 1 is 1.03 bits per heavy atom. The first-order valence-electron chi connectivity index (χ1n) is 11.6. The van der Waals surface area contributed by atoms with Crippen molar-refractivity contribution in [3.8, 4) is 17.2 Å². The number of benzene rings is 2. The Bertz CT molecular complexity index is 1060. The minimum absolute atomic E-state index is 0.0594. The molecule has 182 valence electrons. The summed E-state index contributed by atoms with van der Waals surface area (Å²) in [5.41, 5.74) is 1.16. The summed E-state index contributed by atoms with van der Waals surface area (Å²) >= 11 is 0. The highest BCUT2D eigenvalue weighted by Crippen LogP contribution is 2.42. The zero-order valence-corrected chi connectivity index (χ0v) is 20.5. The Hall–Kier alpha value is -3.48. The van der Waals surface area contributed by atoms with Crippen LogP contribution in [-0.4, -0.2) is 49.1 Å². The van der Waals surface area contributed by atoms with Crippen molar-refractivity contribution in [1.29, 1.82) is 0 Å². The third-order valence-corrected chi connectivity index (χ3v) is 5.73. The molecule has 1 atom stereocenters. The number of carbonyl (C=O) groups excluding carboxylic acids is 2. The van der Waals surface area contributed by atoms with E-state index in [4.69, 9.17) is 14.2 Å². The maximum Gasteiger partial charge on any atom is 0.295 e. The van der Waals surface area contributed by atoms with E-state index in [1.807, 2.05) is 6.92 Å². The number of aliphatic hydroxyl groups excluding tert-OH is 1. The van der Waals surface area contributed by atoms with Crippen molar-refractivity contribution >= 4 is 17.4 Å². The van der Waals surface area contributed by atoms with Gasteiger partial charge in [-0.3, -0.25) is 9.59 Å². The first kappa shape index (κ1) is 25.1. The van der Waals surface area contributed by atoms with E-state index in [1.165, 1.54) is 12.0 Å². The van der Waals surface area contributed by atoms with E-state index in [-0.39, 0.29) is 11.3 Å². The summed E-state index contributed by atoms with van der Waals surface area (Å²) in [5, 5.41) is 11.2. The van der Waals surface area contributed by atoms with E-state index in [0.717, 1.165) is 12.8 Å². The van der Waals surface area contributed by atoms with Gasteiger partial charge < -0.3 is 24.2 Å². The van der Waals surface area contributed by atoms with Crippen molar-refractivity contribution in [2.75, 3.05) is 27.4 Å². The summed E-state index contributed by atoms with van der Waals surface area (Å²) in [7, 11) is 3.07. The molecule has 0 bridgehead atoms.